The summed E-state index contributed by atoms with van der Waals surface area (Å²) in [4.78, 5) is 13.7. The lowest BCUT2D eigenvalue weighted by Crippen LogP contribution is -2.47. The molecule has 1 fully saturated rings. The molecular weight excluding hydrogens is 208 g/mol. The second-order valence-electron chi connectivity index (χ2n) is 3.93. The van der Waals surface area contributed by atoms with Gasteiger partial charge in [-0.2, -0.15) is 11.8 Å². The zero-order valence-electron chi connectivity index (χ0n) is 9.79. The highest BCUT2D eigenvalue weighted by atomic mass is 32.2. The van der Waals surface area contributed by atoms with E-state index in [0.717, 1.165) is 44.6 Å². The van der Waals surface area contributed by atoms with Gasteiger partial charge in [0.15, 0.2) is 0 Å². The Balaban J connectivity index is 2.25. The Labute approximate surface area is 97.0 Å². The fourth-order valence-corrected chi connectivity index (χ4v) is 2.81. The number of nitrogens with one attached hydrogen (secondary N) is 1. The molecular formula is C11H22N2OS. The van der Waals surface area contributed by atoms with Crippen molar-refractivity contribution in [3.05, 3.63) is 0 Å². The molecule has 1 aliphatic heterocycles. The molecule has 0 spiro atoms. The van der Waals surface area contributed by atoms with E-state index in [9.17, 15) is 4.79 Å². The van der Waals surface area contributed by atoms with Crippen LogP contribution in [0.15, 0.2) is 0 Å². The van der Waals surface area contributed by atoms with Gasteiger partial charge in [0, 0.05) is 30.6 Å². The summed E-state index contributed by atoms with van der Waals surface area (Å²) in [6.07, 6.45) is 3.36. The first-order valence-electron chi connectivity index (χ1n) is 5.92. The summed E-state index contributed by atoms with van der Waals surface area (Å²) in [5.74, 6) is 1.08. The number of thioether (sulfide) groups is 1. The molecule has 0 aromatic carbocycles. The highest BCUT2D eigenvalue weighted by Gasteiger charge is 2.22. The average Bonchev–Trinajstić information content (AvgIpc) is 2.29. The molecule has 1 rings (SSSR count). The van der Waals surface area contributed by atoms with Crippen LogP contribution in [0.1, 0.15) is 33.1 Å². The molecule has 0 aromatic rings. The van der Waals surface area contributed by atoms with Crippen LogP contribution in [0, 0.1) is 0 Å². The number of carbonyl (C=O) groups excluding carboxylic acids is 1. The van der Waals surface area contributed by atoms with Crippen molar-refractivity contribution >= 4 is 17.8 Å². The predicted molar refractivity (Wildman–Crippen MR) is 66.4 cm³/mol. The summed E-state index contributed by atoms with van der Waals surface area (Å²) in [5, 5.41) is 3.61. The lowest BCUT2D eigenvalue weighted by atomic mass is 10.3. The van der Waals surface area contributed by atoms with E-state index in [4.69, 9.17) is 0 Å². The SMILES string of the molecule is CCCCNC(=O)N1CCSC(CC)C1. The van der Waals surface area contributed by atoms with Gasteiger partial charge < -0.3 is 10.2 Å². The number of carbonyl (C=O) groups is 1. The van der Waals surface area contributed by atoms with Gasteiger partial charge in [0.05, 0.1) is 0 Å². The van der Waals surface area contributed by atoms with Crippen molar-refractivity contribution in [3.63, 3.8) is 0 Å². The van der Waals surface area contributed by atoms with E-state index in [1.54, 1.807) is 0 Å². The van der Waals surface area contributed by atoms with Gasteiger partial charge in [-0.15, -0.1) is 0 Å². The van der Waals surface area contributed by atoms with Gasteiger partial charge in [-0.05, 0) is 12.8 Å². The first-order chi connectivity index (χ1) is 7.27. The van der Waals surface area contributed by atoms with E-state index in [0.29, 0.717) is 5.25 Å². The molecule has 15 heavy (non-hydrogen) atoms. The number of unbranched alkanes of at least 4 members (excludes halogenated alkanes) is 1. The van der Waals surface area contributed by atoms with Crippen LogP contribution >= 0.6 is 11.8 Å². The van der Waals surface area contributed by atoms with E-state index >= 15 is 0 Å². The minimum absolute atomic E-state index is 0.127. The van der Waals surface area contributed by atoms with Gasteiger partial charge in [0.1, 0.15) is 0 Å². The number of amides is 2. The van der Waals surface area contributed by atoms with E-state index < -0.39 is 0 Å². The van der Waals surface area contributed by atoms with Crippen molar-refractivity contribution in [1.29, 1.82) is 0 Å². The molecule has 1 N–H and O–H groups in total. The second-order valence-corrected chi connectivity index (χ2v) is 5.34. The van der Waals surface area contributed by atoms with Crippen LogP contribution in [-0.2, 0) is 0 Å². The number of rotatable bonds is 4. The Kier molecular flexibility index (Phi) is 5.91. The van der Waals surface area contributed by atoms with Crippen molar-refractivity contribution in [2.45, 2.75) is 38.4 Å². The zero-order valence-corrected chi connectivity index (χ0v) is 10.6. The van der Waals surface area contributed by atoms with Gasteiger partial charge in [0.25, 0.3) is 0 Å². The molecule has 0 aliphatic carbocycles. The molecule has 0 saturated carbocycles. The van der Waals surface area contributed by atoms with E-state index in [1.807, 2.05) is 16.7 Å². The third kappa shape index (κ3) is 4.33. The summed E-state index contributed by atoms with van der Waals surface area (Å²) in [5.41, 5.74) is 0. The molecule has 2 amide bonds. The van der Waals surface area contributed by atoms with Crippen LogP contribution in [0.2, 0.25) is 0 Å². The smallest absolute Gasteiger partial charge is 0.317 e. The zero-order chi connectivity index (χ0) is 11.1. The minimum atomic E-state index is 0.127. The Morgan fingerprint density at radius 2 is 2.33 bits per heavy atom. The molecule has 0 bridgehead atoms. The Morgan fingerprint density at radius 3 is 3.00 bits per heavy atom. The van der Waals surface area contributed by atoms with Gasteiger partial charge in [0.2, 0.25) is 0 Å². The highest BCUT2D eigenvalue weighted by Crippen LogP contribution is 2.20. The van der Waals surface area contributed by atoms with Crippen LogP contribution in [0.25, 0.3) is 0 Å². The fraction of sp³-hybridized carbons (Fsp3) is 0.909. The third-order valence-corrected chi connectivity index (χ3v) is 4.06. The maximum absolute atomic E-state index is 11.7. The van der Waals surface area contributed by atoms with Crippen molar-refractivity contribution in [1.82, 2.24) is 10.2 Å². The largest absolute Gasteiger partial charge is 0.338 e. The Bertz CT molecular complexity index is 199. The Hall–Kier alpha value is -0.380. The van der Waals surface area contributed by atoms with E-state index in [-0.39, 0.29) is 6.03 Å². The average molecular weight is 230 g/mol. The quantitative estimate of drug-likeness (QED) is 0.752. The summed E-state index contributed by atoms with van der Waals surface area (Å²) >= 11 is 1.99. The van der Waals surface area contributed by atoms with Gasteiger partial charge in [-0.25, -0.2) is 4.79 Å². The summed E-state index contributed by atoms with van der Waals surface area (Å²) in [6, 6.07) is 0.127. The van der Waals surface area contributed by atoms with Crippen LogP contribution in [0.5, 0.6) is 0 Å². The van der Waals surface area contributed by atoms with Crippen molar-refractivity contribution in [2.75, 3.05) is 25.4 Å². The highest BCUT2D eigenvalue weighted by molar-refractivity contribution is 8.00. The molecule has 0 radical (unpaired) electrons. The monoisotopic (exact) mass is 230 g/mol. The Morgan fingerprint density at radius 1 is 1.53 bits per heavy atom. The topological polar surface area (TPSA) is 32.3 Å². The second kappa shape index (κ2) is 6.99. The van der Waals surface area contributed by atoms with E-state index in [2.05, 4.69) is 19.2 Å². The van der Waals surface area contributed by atoms with Gasteiger partial charge in [-0.3, -0.25) is 0 Å². The summed E-state index contributed by atoms with van der Waals surface area (Å²) in [7, 11) is 0. The maximum Gasteiger partial charge on any atom is 0.317 e. The lowest BCUT2D eigenvalue weighted by Gasteiger charge is -2.31. The summed E-state index contributed by atoms with van der Waals surface area (Å²) < 4.78 is 0. The van der Waals surface area contributed by atoms with Crippen LogP contribution in [0.4, 0.5) is 4.79 Å². The molecule has 0 aromatic heterocycles. The van der Waals surface area contributed by atoms with Crippen molar-refractivity contribution < 1.29 is 4.79 Å². The minimum Gasteiger partial charge on any atom is -0.338 e. The third-order valence-electron chi connectivity index (χ3n) is 2.69. The molecule has 1 atom stereocenters. The number of hydrogen-bond donors (Lipinski definition) is 1. The van der Waals surface area contributed by atoms with Crippen LogP contribution in [-0.4, -0.2) is 41.6 Å². The maximum atomic E-state index is 11.7. The van der Waals surface area contributed by atoms with Crippen molar-refractivity contribution in [2.24, 2.45) is 0 Å². The first-order valence-corrected chi connectivity index (χ1v) is 6.97. The number of hydrogen-bond acceptors (Lipinski definition) is 2. The molecule has 1 unspecified atom stereocenters. The molecule has 1 saturated heterocycles. The van der Waals surface area contributed by atoms with Gasteiger partial charge in [-0.1, -0.05) is 20.3 Å². The number of nitrogens with zero attached hydrogens (tertiary/aromatic N) is 1. The molecule has 3 nitrogen and oxygen atoms in total. The first kappa shape index (κ1) is 12.7. The molecule has 1 aliphatic rings. The van der Waals surface area contributed by atoms with Gasteiger partial charge >= 0.3 is 6.03 Å². The fourth-order valence-electron chi connectivity index (χ4n) is 1.63. The molecule has 88 valence electrons. The van der Waals surface area contributed by atoms with Crippen LogP contribution < -0.4 is 5.32 Å². The van der Waals surface area contributed by atoms with Crippen LogP contribution in [0.3, 0.4) is 0 Å². The number of urea groups is 1. The standard InChI is InChI=1S/C11H22N2OS/c1-3-5-6-12-11(14)13-7-8-15-10(4-2)9-13/h10H,3-9H2,1-2H3,(H,12,14). The normalized spacial score (nSPS) is 21.5. The predicted octanol–water partition coefficient (Wildman–Crippen LogP) is 2.32. The lowest BCUT2D eigenvalue weighted by molar-refractivity contribution is 0.199. The molecule has 1 heterocycles. The van der Waals surface area contributed by atoms with Crippen molar-refractivity contribution in [3.8, 4) is 0 Å². The summed E-state index contributed by atoms with van der Waals surface area (Å²) in [6.45, 7) is 6.96. The molecule has 4 heteroatoms. The van der Waals surface area contributed by atoms with E-state index in [1.165, 1.54) is 0 Å².